The fraction of sp³-hybridized carbons (Fsp3) is 0.455. The highest BCUT2D eigenvalue weighted by Gasteiger charge is 2.25. The maximum absolute atomic E-state index is 11.8. The van der Waals surface area contributed by atoms with Gasteiger partial charge in [-0.15, -0.1) is 0 Å². The number of hydrogen-bond acceptors (Lipinski definition) is 4. The first kappa shape index (κ1) is 14.7. The van der Waals surface area contributed by atoms with E-state index in [2.05, 4.69) is 15.3 Å². The van der Waals surface area contributed by atoms with Crippen LogP contribution in [-0.2, 0) is 4.79 Å². The van der Waals surface area contributed by atoms with Gasteiger partial charge in [0.1, 0.15) is 6.04 Å². The van der Waals surface area contributed by atoms with Crippen LogP contribution in [0.15, 0.2) is 6.33 Å². The monoisotopic (exact) mass is 269 g/mol. The SMILES string of the molecule is CC(C)CC(NC(=O)c1nc[nH]c1C(=O)O)C(=O)O. The Balaban J connectivity index is 2.85. The first-order valence-electron chi connectivity index (χ1n) is 5.63. The highest BCUT2D eigenvalue weighted by molar-refractivity contribution is 6.03. The van der Waals surface area contributed by atoms with Gasteiger partial charge in [-0.25, -0.2) is 14.6 Å². The molecule has 0 radical (unpaired) electrons. The third-order valence-corrected chi connectivity index (χ3v) is 2.38. The molecule has 1 amide bonds. The molecule has 0 saturated carbocycles. The molecule has 0 aliphatic carbocycles. The Hall–Kier alpha value is -2.38. The Morgan fingerprint density at radius 2 is 2.00 bits per heavy atom. The Labute approximate surface area is 108 Å². The van der Waals surface area contributed by atoms with E-state index in [0.29, 0.717) is 0 Å². The zero-order chi connectivity index (χ0) is 14.6. The van der Waals surface area contributed by atoms with Gasteiger partial charge >= 0.3 is 11.9 Å². The van der Waals surface area contributed by atoms with Crippen LogP contribution in [0, 0.1) is 5.92 Å². The van der Waals surface area contributed by atoms with E-state index in [1.165, 1.54) is 0 Å². The molecule has 1 heterocycles. The normalized spacial score (nSPS) is 12.2. The van der Waals surface area contributed by atoms with Crippen LogP contribution in [0.1, 0.15) is 41.2 Å². The van der Waals surface area contributed by atoms with Gasteiger partial charge in [-0.05, 0) is 12.3 Å². The molecule has 0 aliphatic heterocycles. The van der Waals surface area contributed by atoms with Gasteiger partial charge in [0.2, 0.25) is 0 Å². The number of rotatable bonds is 6. The molecular formula is C11H15N3O5. The molecule has 1 unspecified atom stereocenters. The summed E-state index contributed by atoms with van der Waals surface area (Å²) in [6.07, 6.45) is 1.31. The first-order chi connectivity index (χ1) is 8.82. The minimum absolute atomic E-state index is 0.0690. The molecule has 19 heavy (non-hydrogen) atoms. The summed E-state index contributed by atoms with van der Waals surface area (Å²) in [5.41, 5.74) is -0.700. The lowest BCUT2D eigenvalue weighted by atomic mass is 10.0. The van der Waals surface area contributed by atoms with Crippen LogP contribution in [0.5, 0.6) is 0 Å². The van der Waals surface area contributed by atoms with E-state index in [1.807, 2.05) is 13.8 Å². The van der Waals surface area contributed by atoms with Crippen LogP contribution in [0.3, 0.4) is 0 Å². The van der Waals surface area contributed by atoms with Gasteiger partial charge in [-0.2, -0.15) is 0 Å². The molecule has 8 nitrogen and oxygen atoms in total. The average molecular weight is 269 g/mol. The van der Waals surface area contributed by atoms with Crippen molar-refractivity contribution >= 4 is 17.8 Å². The standard InChI is InChI=1S/C11H15N3O5/c1-5(2)3-6(10(16)17)14-9(15)7-8(11(18)19)13-4-12-7/h4-6H,3H2,1-2H3,(H,12,13)(H,14,15)(H,16,17)(H,18,19). The summed E-state index contributed by atoms with van der Waals surface area (Å²) in [6.45, 7) is 3.64. The Bertz CT molecular complexity index is 494. The highest BCUT2D eigenvalue weighted by Crippen LogP contribution is 2.08. The summed E-state index contributed by atoms with van der Waals surface area (Å²) >= 11 is 0. The van der Waals surface area contributed by atoms with Crippen molar-refractivity contribution in [3.8, 4) is 0 Å². The van der Waals surface area contributed by atoms with Crippen LogP contribution >= 0.6 is 0 Å². The highest BCUT2D eigenvalue weighted by atomic mass is 16.4. The molecule has 0 fully saturated rings. The van der Waals surface area contributed by atoms with Crippen LogP contribution in [0.2, 0.25) is 0 Å². The van der Waals surface area contributed by atoms with Crippen molar-refractivity contribution in [3.05, 3.63) is 17.7 Å². The van der Waals surface area contributed by atoms with Gasteiger partial charge in [0.15, 0.2) is 11.4 Å². The maximum Gasteiger partial charge on any atom is 0.354 e. The molecular weight excluding hydrogens is 254 g/mol. The van der Waals surface area contributed by atoms with Crippen molar-refractivity contribution in [2.75, 3.05) is 0 Å². The third-order valence-electron chi connectivity index (χ3n) is 2.38. The summed E-state index contributed by atoms with van der Waals surface area (Å²) in [4.78, 5) is 39.5. The zero-order valence-electron chi connectivity index (χ0n) is 10.5. The lowest BCUT2D eigenvalue weighted by Crippen LogP contribution is -2.42. The van der Waals surface area contributed by atoms with Crippen LogP contribution in [-0.4, -0.2) is 44.1 Å². The van der Waals surface area contributed by atoms with Gasteiger partial charge in [-0.3, -0.25) is 4.79 Å². The van der Waals surface area contributed by atoms with Crippen molar-refractivity contribution in [1.29, 1.82) is 0 Å². The number of H-pyrrole nitrogens is 1. The van der Waals surface area contributed by atoms with Gasteiger partial charge in [0.25, 0.3) is 5.91 Å². The molecule has 1 aromatic rings. The number of carbonyl (C=O) groups is 3. The Morgan fingerprint density at radius 3 is 2.47 bits per heavy atom. The molecule has 0 aliphatic rings. The van der Waals surface area contributed by atoms with Crippen molar-refractivity contribution in [2.24, 2.45) is 5.92 Å². The summed E-state index contributed by atoms with van der Waals surface area (Å²) in [7, 11) is 0. The average Bonchev–Trinajstić information content (AvgIpc) is 2.76. The van der Waals surface area contributed by atoms with E-state index in [-0.39, 0.29) is 23.7 Å². The number of nitrogens with zero attached hydrogens (tertiary/aromatic N) is 1. The molecule has 8 heteroatoms. The lowest BCUT2D eigenvalue weighted by Gasteiger charge is -2.15. The number of aromatic amines is 1. The van der Waals surface area contributed by atoms with E-state index in [4.69, 9.17) is 10.2 Å². The Kier molecular flexibility index (Phi) is 4.62. The van der Waals surface area contributed by atoms with Gasteiger partial charge < -0.3 is 20.5 Å². The zero-order valence-corrected chi connectivity index (χ0v) is 10.5. The van der Waals surface area contributed by atoms with Crippen LogP contribution in [0.25, 0.3) is 0 Å². The van der Waals surface area contributed by atoms with Gasteiger partial charge in [-0.1, -0.05) is 13.8 Å². The molecule has 4 N–H and O–H groups in total. The number of aromatic carboxylic acids is 1. The predicted octanol–water partition coefficient (Wildman–Crippen LogP) is 0.337. The number of nitrogens with one attached hydrogen (secondary N) is 2. The van der Waals surface area contributed by atoms with Gasteiger partial charge in [0, 0.05) is 0 Å². The number of carboxylic acid groups (broad SMARTS) is 2. The van der Waals surface area contributed by atoms with E-state index >= 15 is 0 Å². The third kappa shape index (κ3) is 3.80. The second kappa shape index (κ2) is 5.98. The van der Waals surface area contributed by atoms with Crippen LogP contribution < -0.4 is 5.32 Å². The quantitative estimate of drug-likeness (QED) is 0.588. The van der Waals surface area contributed by atoms with E-state index < -0.39 is 23.9 Å². The number of carbonyl (C=O) groups excluding carboxylic acids is 1. The summed E-state index contributed by atoms with van der Waals surface area (Å²) in [6, 6.07) is -1.08. The van der Waals surface area contributed by atoms with Crippen molar-refractivity contribution in [3.63, 3.8) is 0 Å². The van der Waals surface area contributed by atoms with Crippen LogP contribution in [0.4, 0.5) is 0 Å². The molecule has 1 atom stereocenters. The fourth-order valence-electron chi connectivity index (χ4n) is 1.55. The minimum Gasteiger partial charge on any atom is -0.480 e. The number of hydrogen-bond donors (Lipinski definition) is 4. The maximum atomic E-state index is 11.8. The molecule has 0 spiro atoms. The molecule has 0 saturated heterocycles. The first-order valence-corrected chi connectivity index (χ1v) is 5.63. The summed E-state index contributed by atoms with van der Waals surface area (Å²) in [5.74, 6) is -3.26. The second-order valence-electron chi connectivity index (χ2n) is 4.43. The molecule has 104 valence electrons. The number of carboxylic acids is 2. The van der Waals surface area contributed by atoms with Crippen molar-refractivity contribution in [2.45, 2.75) is 26.3 Å². The number of imidazole rings is 1. The van der Waals surface area contributed by atoms with Gasteiger partial charge in [0.05, 0.1) is 6.33 Å². The minimum atomic E-state index is -1.33. The van der Waals surface area contributed by atoms with E-state index in [0.717, 1.165) is 6.33 Å². The Morgan fingerprint density at radius 1 is 1.37 bits per heavy atom. The van der Waals surface area contributed by atoms with Crippen molar-refractivity contribution < 1.29 is 24.6 Å². The molecule has 1 aromatic heterocycles. The summed E-state index contributed by atoms with van der Waals surface area (Å²) < 4.78 is 0. The number of aromatic nitrogens is 2. The van der Waals surface area contributed by atoms with Crippen molar-refractivity contribution in [1.82, 2.24) is 15.3 Å². The number of amides is 1. The van der Waals surface area contributed by atoms with E-state index in [9.17, 15) is 14.4 Å². The fourth-order valence-corrected chi connectivity index (χ4v) is 1.55. The smallest absolute Gasteiger partial charge is 0.354 e. The largest absolute Gasteiger partial charge is 0.480 e. The molecule has 0 bridgehead atoms. The summed E-state index contributed by atoms with van der Waals surface area (Å²) in [5, 5.41) is 20.1. The topological polar surface area (TPSA) is 132 Å². The molecule has 1 rings (SSSR count). The molecule has 0 aromatic carbocycles. The second-order valence-corrected chi connectivity index (χ2v) is 4.43. The lowest BCUT2D eigenvalue weighted by molar-refractivity contribution is -0.139. The number of aliphatic carboxylic acids is 1. The van der Waals surface area contributed by atoms with E-state index in [1.54, 1.807) is 0 Å². The predicted molar refractivity (Wildman–Crippen MR) is 63.9 cm³/mol.